The quantitative estimate of drug-likeness (QED) is 0.770. The molecule has 2 N–H and O–H groups in total. The van der Waals surface area contributed by atoms with Crippen LogP contribution in [-0.4, -0.2) is 22.4 Å². The van der Waals surface area contributed by atoms with E-state index in [0.29, 0.717) is 24.7 Å². The summed E-state index contributed by atoms with van der Waals surface area (Å²) in [4.78, 5) is 20.8. The molecule has 0 aliphatic heterocycles. The van der Waals surface area contributed by atoms with Gasteiger partial charge in [-0.1, -0.05) is 43.2 Å². The molecule has 2 rings (SSSR count). The smallest absolute Gasteiger partial charge is 0.270 e. The normalized spacial score (nSPS) is 10.4. The van der Waals surface area contributed by atoms with Crippen LogP contribution in [0.25, 0.3) is 0 Å². The topological polar surface area (TPSA) is 66.9 Å². The number of nitrogens with one attached hydrogen (secondary N) is 2. The fraction of sp³-hybridized carbons (Fsp3) is 0.389. The van der Waals surface area contributed by atoms with E-state index in [0.717, 1.165) is 24.1 Å². The highest BCUT2D eigenvalue weighted by Gasteiger charge is 2.10. The Morgan fingerprint density at radius 1 is 1.13 bits per heavy atom. The molecule has 23 heavy (non-hydrogen) atoms. The molecule has 5 nitrogen and oxygen atoms in total. The molecule has 122 valence electrons. The molecule has 0 saturated carbocycles. The minimum atomic E-state index is -0.151. The van der Waals surface area contributed by atoms with Crippen LogP contribution in [0.4, 0.5) is 5.95 Å². The largest absolute Gasteiger partial charge is 0.351 e. The highest BCUT2D eigenvalue weighted by Crippen LogP contribution is 2.08. The first kappa shape index (κ1) is 16.9. The van der Waals surface area contributed by atoms with Crippen LogP contribution in [0.2, 0.25) is 0 Å². The Morgan fingerprint density at radius 3 is 2.57 bits per heavy atom. The highest BCUT2D eigenvalue weighted by molar-refractivity contribution is 5.92. The molecule has 0 atom stereocenters. The van der Waals surface area contributed by atoms with Gasteiger partial charge in [0.15, 0.2) is 0 Å². The number of hydrogen-bond donors (Lipinski definition) is 2. The summed E-state index contributed by atoms with van der Waals surface area (Å²) >= 11 is 0. The Balaban J connectivity index is 2.01. The molecule has 0 radical (unpaired) electrons. The van der Waals surface area contributed by atoms with Gasteiger partial charge in [0.2, 0.25) is 5.95 Å². The zero-order valence-corrected chi connectivity index (χ0v) is 14.0. The molecule has 1 amide bonds. The molecule has 1 aromatic heterocycles. The monoisotopic (exact) mass is 312 g/mol. The van der Waals surface area contributed by atoms with Crippen LogP contribution in [-0.2, 0) is 6.54 Å². The molecule has 5 heteroatoms. The van der Waals surface area contributed by atoms with Crippen molar-refractivity contribution in [3.8, 4) is 0 Å². The van der Waals surface area contributed by atoms with Gasteiger partial charge in [-0.05, 0) is 31.9 Å². The first-order chi connectivity index (χ1) is 11.1. The molecule has 2 aromatic rings. The van der Waals surface area contributed by atoms with E-state index < -0.39 is 0 Å². The molecule has 1 heterocycles. The number of nitrogens with zero attached hydrogens (tertiary/aromatic N) is 2. The van der Waals surface area contributed by atoms with Crippen LogP contribution < -0.4 is 10.6 Å². The zero-order valence-electron chi connectivity index (χ0n) is 14.0. The van der Waals surface area contributed by atoms with E-state index in [1.807, 2.05) is 6.92 Å². The fourth-order valence-electron chi connectivity index (χ4n) is 2.12. The summed E-state index contributed by atoms with van der Waals surface area (Å²) < 4.78 is 0. The SMILES string of the molecule is CCCCNC(=O)c1cc(C)nc(NCc2ccc(C)cc2)n1. The highest BCUT2D eigenvalue weighted by atomic mass is 16.1. The van der Waals surface area contributed by atoms with Crippen LogP contribution in [0.15, 0.2) is 30.3 Å². The van der Waals surface area contributed by atoms with Gasteiger partial charge in [-0.2, -0.15) is 0 Å². The molecular formula is C18H24N4O. The van der Waals surface area contributed by atoms with Crippen molar-refractivity contribution < 1.29 is 4.79 Å². The standard InChI is InChI=1S/C18H24N4O/c1-4-5-10-19-17(23)16-11-14(3)21-18(22-16)20-12-15-8-6-13(2)7-9-15/h6-9,11H,4-5,10,12H2,1-3H3,(H,19,23)(H,20,21,22). The number of unbranched alkanes of at least 4 members (excludes halogenated alkanes) is 1. The molecule has 0 spiro atoms. The number of carbonyl (C=O) groups is 1. The number of rotatable bonds is 7. The second kappa shape index (κ2) is 8.27. The fourth-order valence-corrected chi connectivity index (χ4v) is 2.12. The van der Waals surface area contributed by atoms with Crippen molar-refractivity contribution in [1.29, 1.82) is 0 Å². The molecule has 0 unspecified atom stereocenters. The number of hydrogen-bond acceptors (Lipinski definition) is 4. The van der Waals surface area contributed by atoms with E-state index in [-0.39, 0.29) is 5.91 Å². The third-order valence-electron chi connectivity index (χ3n) is 3.47. The molecule has 0 saturated heterocycles. The Bertz CT molecular complexity index is 653. The zero-order chi connectivity index (χ0) is 16.7. The lowest BCUT2D eigenvalue weighted by atomic mass is 10.1. The predicted octanol–water partition coefficient (Wildman–Crippen LogP) is 3.24. The maximum atomic E-state index is 12.1. The number of carbonyl (C=O) groups excluding carboxylic acids is 1. The molecule has 0 aliphatic carbocycles. The first-order valence-corrected chi connectivity index (χ1v) is 8.02. The molecule has 0 fully saturated rings. The van der Waals surface area contributed by atoms with Crippen LogP contribution in [0.5, 0.6) is 0 Å². The summed E-state index contributed by atoms with van der Waals surface area (Å²) in [5.74, 6) is 0.327. The summed E-state index contributed by atoms with van der Waals surface area (Å²) in [5.41, 5.74) is 3.55. The number of anilines is 1. The Labute approximate surface area is 137 Å². The minimum absolute atomic E-state index is 0.151. The van der Waals surface area contributed by atoms with Gasteiger partial charge in [-0.3, -0.25) is 4.79 Å². The van der Waals surface area contributed by atoms with Gasteiger partial charge in [-0.25, -0.2) is 9.97 Å². The summed E-state index contributed by atoms with van der Waals surface area (Å²) in [6, 6.07) is 9.98. The Morgan fingerprint density at radius 2 is 1.87 bits per heavy atom. The molecule has 1 aromatic carbocycles. The van der Waals surface area contributed by atoms with Crippen molar-refractivity contribution >= 4 is 11.9 Å². The van der Waals surface area contributed by atoms with Crippen molar-refractivity contribution in [2.45, 2.75) is 40.2 Å². The number of aromatic nitrogens is 2. The summed E-state index contributed by atoms with van der Waals surface area (Å²) in [5, 5.41) is 6.06. The van der Waals surface area contributed by atoms with E-state index in [1.54, 1.807) is 6.07 Å². The number of aryl methyl sites for hydroxylation is 2. The summed E-state index contributed by atoms with van der Waals surface area (Å²) in [6.45, 7) is 7.31. The average molecular weight is 312 g/mol. The van der Waals surface area contributed by atoms with Crippen molar-refractivity contribution in [3.05, 3.63) is 52.8 Å². The van der Waals surface area contributed by atoms with Crippen molar-refractivity contribution in [3.63, 3.8) is 0 Å². The Kier molecular flexibility index (Phi) is 6.09. The van der Waals surface area contributed by atoms with E-state index >= 15 is 0 Å². The van der Waals surface area contributed by atoms with Gasteiger partial charge >= 0.3 is 0 Å². The number of amides is 1. The predicted molar refractivity (Wildman–Crippen MR) is 92.5 cm³/mol. The van der Waals surface area contributed by atoms with Gasteiger partial charge in [0.25, 0.3) is 5.91 Å². The third-order valence-corrected chi connectivity index (χ3v) is 3.47. The second-order valence-electron chi connectivity index (χ2n) is 5.67. The van der Waals surface area contributed by atoms with E-state index in [2.05, 4.69) is 58.7 Å². The summed E-state index contributed by atoms with van der Waals surface area (Å²) in [7, 11) is 0. The van der Waals surface area contributed by atoms with Crippen molar-refractivity contribution in [2.24, 2.45) is 0 Å². The van der Waals surface area contributed by atoms with E-state index in [4.69, 9.17) is 0 Å². The molecular weight excluding hydrogens is 288 g/mol. The van der Waals surface area contributed by atoms with E-state index in [1.165, 1.54) is 5.56 Å². The van der Waals surface area contributed by atoms with Crippen LogP contribution in [0.1, 0.15) is 47.1 Å². The lowest BCUT2D eigenvalue weighted by molar-refractivity contribution is 0.0948. The van der Waals surface area contributed by atoms with Crippen LogP contribution >= 0.6 is 0 Å². The van der Waals surface area contributed by atoms with Crippen LogP contribution in [0, 0.1) is 13.8 Å². The lowest BCUT2D eigenvalue weighted by Crippen LogP contribution is -2.26. The molecule has 0 bridgehead atoms. The second-order valence-corrected chi connectivity index (χ2v) is 5.67. The van der Waals surface area contributed by atoms with Gasteiger partial charge in [0.1, 0.15) is 5.69 Å². The first-order valence-electron chi connectivity index (χ1n) is 8.02. The van der Waals surface area contributed by atoms with Gasteiger partial charge in [0, 0.05) is 18.8 Å². The van der Waals surface area contributed by atoms with Gasteiger partial charge < -0.3 is 10.6 Å². The van der Waals surface area contributed by atoms with Gasteiger partial charge in [-0.15, -0.1) is 0 Å². The summed E-state index contributed by atoms with van der Waals surface area (Å²) in [6.07, 6.45) is 2.01. The van der Waals surface area contributed by atoms with Crippen molar-refractivity contribution in [1.82, 2.24) is 15.3 Å². The Hall–Kier alpha value is -2.43. The number of benzene rings is 1. The third kappa shape index (κ3) is 5.36. The maximum Gasteiger partial charge on any atom is 0.270 e. The van der Waals surface area contributed by atoms with Crippen molar-refractivity contribution in [2.75, 3.05) is 11.9 Å². The maximum absolute atomic E-state index is 12.1. The minimum Gasteiger partial charge on any atom is -0.351 e. The van der Waals surface area contributed by atoms with E-state index in [9.17, 15) is 4.79 Å². The van der Waals surface area contributed by atoms with Gasteiger partial charge in [0.05, 0.1) is 0 Å². The van der Waals surface area contributed by atoms with Crippen LogP contribution in [0.3, 0.4) is 0 Å². The lowest BCUT2D eigenvalue weighted by Gasteiger charge is -2.09. The molecule has 0 aliphatic rings. The average Bonchev–Trinajstić information content (AvgIpc) is 2.54.